The van der Waals surface area contributed by atoms with E-state index in [1.165, 1.54) is 6.07 Å². The van der Waals surface area contributed by atoms with Gasteiger partial charge in [-0.2, -0.15) is 5.26 Å². The van der Waals surface area contributed by atoms with E-state index in [4.69, 9.17) is 5.26 Å². The van der Waals surface area contributed by atoms with Crippen LogP contribution in [-0.4, -0.2) is 4.98 Å². The summed E-state index contributed by atoms with van der Waals surface area (Å²) in [6.45, 7) is 0. The average Bonchev–Trinajstić information content (AvgIpc) is 2.55. The molecule has 2 rings (SSSR count). The van der Waals surface area contributed by atoms with Crippen molar-refractivity contribution < 1.29 is 4.39 Å². The van der Waals surface area contributed by atoms with Gasteiger partial charge in [-0.15, -0.1) is 0 Å². The minimum atomic E-state index is -0.338. The normalized spacial score (nSPS) is 10.2. The predicted molar refractivity (Wildman–Crippen MR) is 50.7 cm³/mol. The Bertz CT molecular complexity index is 510. The van der Waals surface area contributed by atoms with Crippen molar-refractivity contribution in [3.63, 3.8) is 0 Å². The highest BCUT2D eigenvalue weighted by molar-refractivity contribution is 9.10. The van der Waals surface area contributed by atoms with Gasteiger partial charge in [-0.05, 0) is 34.1 Å². The summed E-state index contributed by atoms with van der Waals surface area (Å²) >= 11 is 3.08. The number of H-pyrrole nitrogens is 1. The Morgan fingerprint density at radius 3 is 2.92 bits per heavy atom. The molecule has 0 atom stereocenters. The van der Waals surface area contributed by atoms with Gasteiger partial charge in [0.05, 0.1) is 4.47 Å². The molecule has 1 heterocycles. The Kier molecular flexibility index (Phi) is 1.82. The molecule has 2 nitrogen and oxygen atoms in total. The summed E-state index contributed by atoms with van der Waals surface area (Å²) in [6.07, 6.45) is 0. The van der Waals surface area contributed by atoms with Crippen molar-refractivity contribution in [2.24, 2.45) is 0 Å². The van der Waals surface area contributed by atoms with Crippen LogP contribution in [0, 0.1) is 17.1 Å². The summed E-state index contributed by atoms with van der Waals surface area (Å²) in [5.41, 5.74) is 1.00. The third-order valence-corrected chi connectivity index (χ3v) is 2.42. The zero-order chi connectivity index (χ0) is 9.42. The van der Waals surface area contributed by atoms with Crippen molar-refractivity contribution in [2.75, 3.05) is 0 Å². The van der Waals surface area contributed by atoms with Crippen LogP contribution in [0.2, 0.25) is 0 Å². The third kappa shape index (κ3) is 1.21. The molecule has 13 heavy (non-hydrogen) atoms. The number of benzene rings is 1. The number of nitrogens with one attached hydrogen (secondary N) is 1. The van der Waals surface area contributed by atoms with Crippen molar-refractivity contribution in [1.82, 2.24) is 4.98 Å². The van der Waals surface area contributed by atoms with Crippen LogP contribution in [0.15, 0.2) is 22.7 Å². The number of hydrogen-bond acceptors (Lipinski definition) is 1. The smallest absolute Gasteiger partial charge is 0.146 e. The summed E-state index contributed by atoms with van der Waals surface area (Å²) < 4.78 is 13.8. The molecule has 0 spiro atoms. The minimum absolute atomic E-state index is 0.338. The lowest BCUT2D eigenvalue weighted by molar-refractivity contribution is 0.633. The Balaban J connectivity index is 2.86. The summed E-state index contributed by atoms with van der Waals surface area (Å²) in [6, 6.07) is 6.75. The van der Waals surface area contributed by atoms with Crippen molar-refractivity contribution in [3.05, 3.63) is 34.2 Å². The zero-order valence-corrected chi connectivity index (χ0v) is 8.02. The second-order valence-electron chi connectivity index (χ2n) is 2.62. The van der Waals surface area contributed by atoms with Gasteiger partial charge in [-0.1, -0.05) is 0 Å². The van der Waals surface area contributed by atoms with Gasteiger partial charge < -0.3 is 4.98 Å². The standard InChI is InChI=1S/C9H4BrFN2/c10-7-1-2-8-6(9(7)11)3-5(4-12)13-8/h1-3,13H. The number of nitrogens with zero attached hydrogens (tertiary/aromatic N) is 1. The van der Waals surface area contributed by atoms with Crippen LogP contribution in [0.4, 0.5) is 4.39 Å². The van der Waals surface area contributed by atoms with Crippen LogP contribution in [0.5, 0.6) is 0 Å². The Hall–Kier alpha value is -1.34. The number of aromatic amines is 1. The largest absolute Gasteiger partial charge is 0.346 e. The molecule has 64 valence electrons. The maximum absolute atomic E-state index is 13.4. The first-order valence-electron chi connectivity index (χ1n) is 3.59. The number of rotatable bonds is 0. The molecule has 0 aliphatic rings. The van der Waals surface area contributed by atoms with E-state index in [1.54, 1.807) is 12.1 Å². The molecule has 0 fully saturated rings. The first kappa shape index (κ1) is 8.27. The maximum Gasteiger partial charge on any atom is 0.146 e. The van der Waals surface area contributed by atoms with Gasteiger partial charge in [0.15, 0.2) is 0 Å². The van der Waals surface area contributed by atoms with Gasteiger partial charge in [-0.25, -0.2) is 4.39 Å². The highest BCUT2D eigenvalue weighted by atomic mass is 79.9. The third-order valence-electron chi connectivity index (χ3n) is 1.81. The highest BCUT2D eigenvalue weighted by Crippen LogP contribution is 2.25. The molecule has 1 aromatic heterocycles. The van der Waals surface area contributed by atoms with Crippen molar-refractivity contribution in [3.8, 4) is 6.07 Å². The van der Waals surface area contributed by atoms with E-state index >= 15 is 0 Å². The molecule has 4 heteroatoms. The van der Waals surface area contributed by atoms with E-state index in [-0.39, 0.29) is 5.82 Å². The monoisotopic (exact) mass is 238 g/mol. The topological polar surface area (TPSA) is 39.6 Å². The SMILES string of the molecule is N#Cc1cc2c(F)c(Br)ccc2[nH]1. The number of halogens is 2. The molecule has 1 N–H and O–H groups in total. The number of aromatic nitrogens is 1. The second-order valence-corrected chi connectivity index (χ2v) is 3.47. The zero-order valence-electron chi connectivity index (χ0n) is 6.44. The molecule has 0 bridgehead atoms. The average molecular weight is 239 g/mol. The van der Waals surface area contributed by atoms with Crippen molar-refractivity contribution in [2.45, 2.75) is 0 Å². The van der Waals surface area contributed by atoms with Crippen LogP contribution in [0.1, 0.15) is 5.69 Å². The van der Waals surface area contributed by atoms with E-state index in [0.29, 0.717) is 21.1 Å². The molecule has 1 aromatic carbocycles. The summed E-state index contributed by atoms with van der Waals surface area (Å²) in [5.74, 6) is -0.338. The molecule has 0 amide bonds. The van der Waals surface area contributed by atoms with Crippen LogP contribution >= 0.6 is 15.9 Å². The van der Waals surface area contributed by atoms with Crippen LogP contribution in [-0.2, 0) is 0 Å². The molecule has 2 aromatic rings. The summed E-state index contributed by atoms with van der Waals surface area (Å²) in [4.78, 5) is 2.79. The lowest BCUT2D eigenvalue weighted by Crippen LogP contribution is -1.77. The van der Waals surface area contributed by atoms with Gasteiger partial charge >= 0.3 is 0 Å². The molecule has 0 saturated carbocycles. The van der Waals surface area contributed by atoms with Crippen LogP contribution in [0.3, 0.4) is 0 Å². The maximum atomic E-state index is 13.4. The molecular formula is C9H4BrFN2. The highest BCUT2D eigenvalue weighted by Gasteiger charge is 2.07. The lowest BCUT2D eigenvalue weighted by atomic mass is 10.2. The fourth-order valence-corrected chi connectivity index (χ4v) is 1.55. The van der Waals surface area contributed by atoms with Crippen LogP contribution < -0.4 is 0 Å². The Morgan fingerprint density at radius 2 is 2.23 bits per heavy atom. The first-order valence-corrected chi connectivity index (χ1v) is 4.38. The van der Waals surface area contributed by atoms with Gasteiger partial charge in [0.1, 0.15) is 17.6 Å². The number of hydrogen-bond donors (Lipinski definition) is 1. The van der Waals surface area contributed by atoms with E-state index in [1.807, 2.05) is 6.07 Å². The van der Waals surface area contributed by atoms with Gasteiger partial charge in [0.2, 0.25) is 0 Å². The molecular weight excluding hydrogens is 235 g/mol. The van der Waals surface area contributed by atoms with Crippen molar-refractivity contribution >= 4 is 26.8 Å². The number of fused-ring (bicyclic) bond motifs is 1. The first-order chi connectivity index (χ1) is 6.22. The van der Waals surface area contributed by atoms with E-state index in [9.17, 15) is 4.39 Å². The second kappa shape index (κ2) is 2.86. The molecule has 0 saturated heterocycles. The molecule has 0 radical (unpaired) electrons. The Morgan fingerprint density at radius 1 is 1.46 bits per heavy atom. The predicted octanol–water partition coefficient (Wildman–Crippen LogP) is 2.94. The fraction of sp³-hybridized carbons (Fsp3) is 0. The minimum Gasteiger partial charge on any atom is -0.346 e. The number of nitriles is 1. The summed E-state index contributed by atoms with van der Waals surface area (Å²) in [7, 11) is 0. The quantitative estimate of drug-likeness (QED) is 0.754. The van der Waals surface area contributed by atoms with Gasteiger partial charge in [-0.3, -0.25) is 0 Å². The fourth-order valence-electron chi connectivity index (χ4n) is 1.20. The summed E-state index contributed by atoms with van der Waals surface area (Å²) in [5, 5.41) is 9.02. The van der Waals surface area contributed by atoms with E-state index in [2.05, 4.69) is 20.9 Å². The van der Waals surface area contributed by atoms with Crippen molar-refractivity contribution in [1.29, 1.82) is 5.26 Å². The van der Waals surface area contributed by atoms with E-state index < -0.39 is 0 Å². The van der Waals surface area contributed by atoms with Gasteiger partial charge in [0.25, 0.3) is 0 Å². The van der Waals surface area contributed by atoms with E-state index in [0.717, 1.165) is 0 Å². The lowest BCUT2D eigenvalue weighted by Gasteiger charge is -1.94. The molecule has 0 unspecified atom stereocenters. The molecule has 0 aliphatic heterocycles. The molecule has 0 aliphatic carbocycles. The van der Waals surface area contributed by atoms with Crippen LogP contribution in [0.25, 0.3) is 10.9 Å². The Labute approximate surface area is 82.1 Å². The van der Waals surface area contributed by atoms with Gasteiger partial charge in [0, 0.05) is 10.9 Å².